The highest BCUT2D eigenvalue weighted by Crippen LogP contribution is 2.63. The fourth-order valence-electron chi connectivity index (χ4n) is 9.51. The molecule has 0 radical (unpaired) electrons. The van der Waals surface area contributed by atoms with Crippen LogP contribution in [0.1, 0.15) is 22.3 Å². The van der Waals surface area contributed by atoms with Gasteiger partial charge >= 0.3 is 0 Å². The van der Waals surface area contributed by atoms with Gasteiger partial charge in [0.25, 0.3) is 0 Å². The van der Waals surface area contributed by atoms with Crippen LogP contribution in [0.25, 0.3) is 66.7 Å². The molecule has 4 nitrogen and oxygen atoms in total. The first kappa shape index (κ1) is 31.8. The topological polar surface area (TPSA) is 42.2 Å². The highest BCUT2D eigenvalue weighted by atomic mass is 16.3. The van der Waals surface area contributed by atoms with Gasteiger partial charge < -0.3 is 4.42 Å². The quantitative estimate of drug-likeness (QED) is 0.181. The summed E-state index contributed by atoms with van der Waals surface area (Å²) in [6.45, 7) is 0. The Morgan fingerprint density at radius 3 is 1.63 bits per heavy atom. The number of rotatable bonds is 4. The molecule has 266 valence electrons. The van der Waals surface area contributed by atoms with Crippen molar-refractivity contribution in [2.24, 2.45) is 0 Å². The zero-order chi connectivity index (χ0) is 37.5. The van der Waals surface area contributed by atoms with Gasteiger partial charge in [-0.05, 0) is 69.3 Å². The van der Waals surface area contributed by atoms with Crippen LogP contribution in [0.15, 0.2) is 205 Å². The number of aromatic nitrogens is 2. The van der Waals surface area contributed by atoms with E-state index in [1.165, 1.54) is 33.4 Å². The molecule has 1 aliphatic carbocycles. The van der Waals surface area contributed by atoms with Crippen LogP contribution < -0.4 is 4.90 Å². The van der Waals surface area contributed by atoms with E-state index in [2.05, 4.69) is 187 Å². The number of para-hydroxylation sites is 4. The SMILES string of the molecule is c1ccc(-c2cc(-c3ccccc3)nc(N3c4ccccc4C4(c5ccccc5-c5ccc(-c6cccc7c6oc6ccccc67)cc54)c4ccccc43)n2)cc1. The number of anilines is 3. The maximum absolute atomic E-state index is 6.59. The number of hydrogen-bond acceptors (Lipinski definition) is 4. The summed E-state index contributed by atoms with van der Waals surface area (Å²) in [7, 11) is 0. The summed E-state index contributed by atoms with van der Waals surface area (Å²) in [5, 5.41) is 2.25. The third-order valence-electron chi connectivity index (χ3n) is 11.9. The molecule has 57 heavy (non-hydrogen) atoms. The van der Waals surface area contributed by atoms with Crippen molar-refractivity contribution in [3.05, 3.63) is 222 Å². The molecule has 1 aliphatic heterocycles. The Balaban J connectivity index is 1.13. The lowest BCUT2D eigenvalue weighted by Crippen LogP contribution is -2.36. The second-order valence-electron chi connectivity index (χ2n) is 14.9. The number of fused-ring (bicyclic) bond motifs is 12. The molecular weight excluding hydrogens is 695 g/mol. The van der Waals surface area contributed by atoms with E-state index >= 15 is 0 Å². The van der Waals surface area contributed by atoms with E-state index in [9.17, 15) is 0 Å². The lowest BCUT2D eigenvalue weighted by molar-refractivity contribution is 0.670. The monoisotopic (exact) mass is 727 g/mol. The van der Waals surface area contributed by atoms with Gasteiger partial charge in [0.15, 0.2) is 0 Å². The third-order valence-corrected chi connectivity index (χ3v) is 11.9. The van der Waals surface area contributed by atoms with E-state index in [-0.39, 0.29) is 0 Å². The molecule has 1 spiro atoms. The van der Waals surface area contributed by atoms with Crippen LogP contribution in [0.3, 0.4) is 0 Å². The van der Waals surface area contributed by atoms with Crippen molar-refractivity contribution in [2.45, 2.75) is 5.41 Å². The Hall–Kier alpha value is -7.56. The summed E-state index contributed by atoms with van der Waals surface area (Å²) in [5.41, 5.74) is 16.7. The molecule has 0 unspecified atom stereocenters. The zero-order valence-corrected chi connectivity index (χ0v) is 30.8. The second-order valence-corrected chi connectivity index (χ2v) is 14.9. The van der Waals surface area contributed by atoms with E-state index < -0.39 is 5.41 Å². The van der Waals surface area contributed by atoms with Gasteiger partial charge in [0.1, 0.15) is 11.2 Å². The van der Waals surface area contributed by atoms with E-state index in [0.717, 1.165) is 67.0 Å². The highest BCUT2D eigenvalue weighted by Gasteiger charge is 2.52. The molecule has 0 saturated carbocycles. The molecule has 4 heteroatoms. The van der Waals surface area contributed by atoms with E-state index in [0.29, 0.717) is 5.95 Å². The van der Waals surface area contributed by atoms with Crippen molar-refractivity contribution in [2.75, 3.05) is 4.90 Å². The van der Waals surface area contributed by atoms with Gasteiger partial charge in [0.2, 0.25) is 5.95 Å². The summed E-state index contributed by atoms with van der Waals surface area (Å²) in [6, 6.07) is 71.3. The standard InChI is InChI=1S/C53H33N3O/c1-3-16-34(17-4-1)46-33-47(35-18-5-2-6-19-35)55-52(54-46)56-48-27-12-10-25-43(48)53(44-26-11-13-28-49(44)56)42-24-9-7-20-38(42)39-31-30-36(32-45(39)53)37-22-15-23-41-40-21-8-14-29-50(40)57-51(37)41/h1-33H. The average Bonchev–Trinajstić information content (AvgIpc) is 3.81. The third kappa shape index (κ3) is 4.56. The minimum absolute atomic E-state index is 0.618. The summed E-state index contributed by atoms with van der Waals surface area (Å²) >= 11 is 0. The van der Waals surface area contributed by atoms with E-state index in [1.54, 1.807) is 0 Å². The molecule has 0 saturated heterocycles. The Bertz CT molecular complexity index is 3100. The smallest absolute Gasteiger partial charge is 0.235 e. The maximum Gasteiger partial charge on any atom is 0.235 e. The first-order chi connectivity index (χ1) is 28.3. The van der Waals surface area contributed by atoms with Crippen molar-refractivity contribution in [3.8, 4) is 44.8 Å². The van der Waals surface area contributed by atoms with Crippen LogP contribution in [0.4, 0.5) is 17.3 Å². The fourth-order valence-corrected chi connectivity index (χ4v) is 9.51. The second kappa shape index (κ2) is 12.2. The van der Waals surface area contributed by atoms with Crippen LogP contribution in [0, 0.1) is 0 Å². The molecule has 0 amide bonds. The normalized spacial score (nSPS) is 13.4. The number of benzene rings is 8. The molecule has 0 atom stereocenters. The number of furan rings is 1. The molecular formula is C53H33N3O. The van der Waals surface area contributed by atoms with Crippen LogP contribution in [-0.2, 0) is 5.41 Å². The molecule has 0 fully saturated rings. The van der Waals surface area contributed by atoms with Crippen molar-refractivity contribution in [3.63, 3.8) is 0 Å². The van der Waals surface area contributed by atoms with Gasteiger partial charge in [-0.3, -0.25) is 4.90 Å². The van der Waals surface area contributed by atoms with Gasteiger partial charge in [-0.15, -0.1) is 0 Å². The lowest BCUT2D eigenvalue weighted by atomic mass is 9.64. The zero-order valence-electron chi connectivity index (χ0n) is 30.8. The van der Waals surface area contributed by atoms with Crippen LogP contribution in [-0.4, -0.2) is 9.97 Å². The minimum atomic E-state index is -0.618. The lowest BCUT2D eigenvalue weighted by Gasteiger charge is -2.44. The largest absolute Gasteiger partial charge is 0.455 e. The minimum Gasteiger partial charge on any atom is -0.455 e. The molecule has 0 bridgehead atoms. The van der Waals surface area contributed by atoms with Gasteiger partial charge in [-0.2, -0.15) is 0 Å². The molecule has 0 N–H and O–H groups in total. The Morgan fingerprint density at radius 2 is 0.930 bits per heavy atom. The highest BCUT2D eigenvalue weighted by molar-refractivity contribution is 6.10. The molecule has 8 aromatic carbocycles. The Labute approximate surface area is 330 Å². The fraction of sp³-hybridized carbons (Fsp3) is 0.0189. The first-order valence-electron chi connectivity index (χ1n) is 19.4. The predicted molar refractivity (Wildman–Crippen MR) is 231 cm³/mol. The van der Waals surface area contributed by atoms with Crippen molar-refractivity contribution in [1.29, 1.82) is 0 Å². The molecule has 12 rings (SSSR count). The summed E-state index contributed by atoms with van der Waals surface area (Å²) < 4.78 is 6.59. The Morgan fingerprint density at radius 1 is 0.386 bits per heavy atom. The first-order valence-corrected chi connectivity index (χ1v) is 19.4. The summed E-state index contributed by atoms with van der Waals surface area (Å²) in [4.78, 5) is 13.0. The summed E-state index contributed by atoms with van der Waals surface area (Å²) in [5.74, 6) is 0.627. The van der Waals surface area contributed by atoms with Crippen molar-refractivity contribution < 1.29 is 4.42 Å². The van der Waals surface area contributed by atoms with Crippen molar-refractivity contribution >= 4 is 39.3 Å². The van der Waals surface area contributed by atoms with Crippen LogP contribution >= 0.6 is 0 Å². The Kier molecular flexibility index (Phi) is 6.81. The van der Waals surface area contributed by atoms with E-state index in [1.807, 2.05) is 18.2 Å². The molecule has 2 aliphatic rings. The average molecular weight is 728 g/mol. The number of hydrogen-bond donors (Lipinski definition) is 0. The predicted octanol–water partition coefficient (Wildman–Crippen LogP) is 13.5. The summed E-state index contributed by atoms with van der Waals surface area (Å²) in [6.07, 6.45) is 0. The maximum atomic E-state index is 6.59. The van der Waals surface area contributed by atoms with Gasteiger partial charge in [-0.25, -0.2) is 9.97 Å². The van der Waals surface area contributed by atoms with Crippen molar-refractivity contribution in [1.82, 2.24) is 9.97 Å². The molecule has 3 heterocycles. The molecule has 10 aromatic rings. The van der Waals surface area contributed by atoms with Gasteiger partial charge in [-0.1, -0.05) is 170 Å². The van der Waals surface area contributed by atoms with Crippen LogP contribution in [0.5, 0.6) is 0 Å². The van der Waals surface area contributed by atoms with Gasteiger partial charge in [0, 0.05) is 27.5 Å². The molecule has 2 aromatic heterocycles. The van der Waals surface area contributed by atoms with E-state index in [4.69, 9.17) is 14.4 Å². The van der Waals surface area contributed by atoms with Gasteiger partial charge in [0.05, 0.1) is 28.2 Å². The van der Waals surface area contributed by atoms with Crippen LogP contribution in [0.2, 0.25) is 0 Å². The number of nitrogens with zero attached hydrogens (tertiary/aromatic N) is 3.